The zero-order valence-corrected chi connectivity index (χ0v) is 16.6. The van der Waals surface area contributed by atoms with E-state index in [9.17, 15) is 19.7 Å². The normalized spacial score (nSPS) is 10.2. The first-order chi connectivity index (χ1) is 14.3. The molecule has 1 amide bonds. The molecule has 160 valence electrons. The number of nitrogens with zero attached hydrogens (tertiary/aromatic N) is 1. The van der Waals surface area contributed by atoms with Gasteiger partial charge in [-0.15, -0.1) is 0 Å². The number of methoxy groups -OCH3 is 2. The molecule has 0 aliphatic heterocycles. The summed E-state index contributed by atoms with van der Waals surface area (Å²) in [5.41, 5.74) is 1.07. The highest BCUT2D eigenvalue weighted by Crippen LogP contribution is 2.28. The van der Waals surface area contributed by atoms with Gasteiger partial charge in [-0.3, -0.25) is 19.7 Å². The molecule has 30 heavy (non-hydrogen) atoms. The number of rotatable bonds is 11. The highest BCUT2D eigenvalue weighted by Gasteiger charge is 2.17. The fourth-order valence-corrected chi connectivity index (χ4v) is 2.74. The van der Waals surface area contributed by atoms with E-state index < -0.39 is 16.8 Å². The van der Waals surface area contributed by atoms with E-state index in [1.165, 1.54) is 12.1 Å². The zero-order chi connectivity index (χ0) is 22.1. The number of hydrogen-bond donors (Lipinski definition) is 3. The lowest BCUT2D eigenvalue weighted by Crippen LogP contribution is -2.26. The maximum absolute atomic E-state index is 12.1. The molecule has 2 aromatic carbocycles. The summed E-state index contributed by atoms with van der Waals surface area (Å²) in [6, 6.07) is 9.56. The molecular formula is C20H23N3O7. The maximum atomic E-state index is 12.1. The van der Waals surface area contributed by atoms with Crippen LogP contribution in [0.25, 0.3) is 0 Å². The summed E-state index contributed by atoms with van der Waals surface area (Å²) in [6.45, 7) is 0.355. The third-order valence-electron chi connectivity index (χ3n) is 4.26. The molecule has 0 unspecified atom stereocenters. The Morgan fingerprint density at radius 1 is 1.07 bits per heavy atom. The number of hydrogen-bond acceptors (Lipinski definition) is 7. The van der Waals surface area contributed by atoms with Crippen molar-refractivity contribution >= 4 is 23.3 Å². The Kier molecular flexibility index (Phi) is 7.98. The van der Waals surface area contributed by atoms with Crippen LogP contribution in [0.4, 0.5) is 11.4 Å². The third kappa shape index (κ3) is 6.09. The summed E-state index contributed by atoms with van der Waals surface area (Å²) in [6.07, 6.45) is 0.346. The molecule has 0 aliphatic carbocycles. The number of anilines is 1. The van der Waals surface area contributed by atoms with Gasteiger partial charge in [-0.2, -0.15) is 0 Å². The van der Waals surface area contributed by atoms with Gasteiger partial charge < -0.3 is 25.2 Å². The summed E-state index contributed by atoms with van der Waals surface area (Å²) in [5.74, 6) is -0.409. The van der Waals surface area contributed by atoms with Crippen LogP contribution in [0, 0.1) is 10.1 Å². The number of ether oxygens (including phenoxy) is 2. The molecule has 0 fully saturated rings. The Labute approximate surface area is 173 Å². The fourth-order valence-electron chi connectivity index (χ4n) is 2.74. The van der Waals surface area contributed by atoms with Crippen molar-refractivity contribution < 1.29 is 29.1 Å². The molecule has 0 saturated carbocycles. The van der Waals surface area contributed by atoms with Gasteiger partial charge in [-0.1, -0.05) is 6.07 Å². The van der Waals surface area contributed by atoms with Crippen LogP contribution in [0.15, 0.2) is 36.4 Å². The minimum Gasteiger partial charge on any atom is -0.493 e. The Morgan fingerprint density at radius 3 is 2.43 bits per heavy atom. The van der Waals surface area contributed by atoms with Crippen molar-refractivity contribution in [2.45, 2.75) is 12.8 Å². The number of nitro groups is 1. The minimum absolute atomic E-state index is 0.0622. The SMILES string of the molecule is COc1ccc(CCNc2ccc(C(=O)NCCC(=O)O)cc2[N+](=O)[O-])cc1OC. The molecule has 0 saturated heterocycles. The molecule has 0 radical (unpaired) electrons. The van der Waals surface area contributed by atoms with Crippen molar-refractivity contribution in [2.75, 3.05) is 32.6 Å². The molecule has 0 spiro atoms. The molecule has 10 nitrogen and oxygen atoms in total. The third-order valence-corrected chi connectivity index (χ3v) is 4.26. The lowest BCUT2D eigenvalue weighted by Gasteiger charge is -2.11. The van der Waals surface area contributed by atoms with Crippen LogP contribution >= 0.6 is 0 Å². The Balaban J connectivity index is 2.04. The summed E-state index contributed by atoms with van der Waals surface area (Å²) < 4.78 is 10.5. The largest absolute Gasteiger partial charge is 0.493 e. The summed E-state index contributed by atoms with van der Waals surface area (Å²) >= 11 is 0. The van der Waals surface area contributed by atoms with Crippen LogP contribution in [0.2, 0.25) is 0 Å². The lowest BCUT2D eigenvalue weighted by atomic mass is 10.1. The van der Waals surface area contributed by atoms with E-state index in [1.807, 2.05) is 12.1 Å². The van der Waals surface area contributed by atoms with E-state index >= 15 is 0 Å². The second-order valence-corrected chi connectivity index (χ2v) is 6.25. The lowest BCUT2D eigenvalue weighted by molar-refractivity contribution is -0.384. The first-order valence-corrected chi connectivity index (χ1v) is 9.09. The number of carboxylic acids is 1. The van der Waals surface area contributed by atoms with E-state index in [2.05, 4.69) is 10.6 Å². The zero-order valence-electron chi connectivity index (χ0n) is 16.6. The van der Waals surface area contributed by atoms with E-state index in [0.29, 0.717) is 24.5 Å². The summed E-state index contributed by atoms with van der Waals surface area (Å²) in [5, 5.41) is 25.4. The van der Waals surface area contributed by atoms with Gasteiger partial charge >= 0.3 is 5.97 Å². The molecule has 2 aromatic rings. The average molecular weight is 417 g/mol. The van der Waals surface area contributed by atoms with Crippen LogP contribution in [-0.4, -0.2) is 49.2 Å². The van der Waals surface area contributed by atoms with Gasteiger partial charge in [0, 0.05) is 24.7 Å². The van der Waals surface area contributed by atoms with Crippen molar-refractivity contribution in [3.8, 4) is 11.5 Å². The number of carboxylic acid groups (broad SMARTS) is 1. The van der Waals surface area contributed by atoms with E-state index in [1.54, 1.807) is 20.3 Å². The van der Waals surface area contributed by atoms with Crippen molar-refractivity contribution in [2.24, 2.45) is 0 Å². The number of nitro benzene ring substituents is 1. The van der Waals surface area contributed by atoms with Crippen LogP contribution < -0.4 is 20.1 Å². The Bertz CT molecular complexity index is 931. The van der Waals surface area contributed by atoms with E-state index in [-0.39, 0.29) is 29.9 Å². The predicted octanol–water partition coefficient (Wildman–Crippen LogP) is 2.47. The van der Waals surface area contributed by atoms with Gasteiger partial charge in [-0.05, 0) is 36.2 Å². The molecule has 0 atom stereocenters. The molecular weight excluding hydrogens is 394 g/mol. The second-order valence-electron chi connectivity index (χ2n) is 6.25. The number of carbonyl (C=O) groups excluding carboxylic acids is 1. The van der Waals surface area contributed by atoms with Gasteiger partial charge in [0.05, 0.1) is 25.6 Å². The molecule has 0 bridgehead atoms. The molecule has 0 aromatic heterocycles. The number of nitrogens with one attached hydrogen (secondary N) is 2. The molecule has 2 rings (SSSR count). The smallest absolute Gasteiger partial charge is 0.305 e. The van der Waals surface area contributed by atoms with Gasteiger partial charge in [-0.25, -0.2) is 0 Å². The summed E-state index contributed by atoms with van der Waals surface area (Å²) in [7, 11) is 3.09. The van der Waals surface area contributed by atoms with Gasteiger partial charge in [0.15, 0.2) is 11.5 Å². The maximum Gasteiger partial charge on any atom is 0.305 e. The number of benzene rings is 2. The van der Waals surface area contributed by atoms with Crippen molar-refractivity contribution in [3.63, 3.8) is 0 Å². The van der Waals surface area contributed by atoms with E-state index in [4.69, 9.17) is 14.6 Å². The summed E-state index contributed by atoms with van der Waals surface area (Å²) in [4.78, 5) is 33.4. The number of amides is 1. The predicted molar refractivity (Wildman–Crippen MR) is 109 cm³/mol. The molecule has 0 aliphatic rings. The van der Waals surface area contributed by atoms with Crippen LogP contribution in [-0.2, 0) is 11.2 Å². The number of carbonyl (C=O) groups is 2. The van der Waals surface area contributed by atoms with Gasteiger partial charge in [0.2, 0.25) is 0 Å². The molecule has 3 N–H and O–H groups in total. The standard InChI is InChI=1S/C20H23N3O7/c1-29-17-6-3-13(11-18(17)30-2)7-9-21-15-5-4-14(12-16(15)23(27)28)20(26)22-10-8-19(24)25/h3-6,11-12,21H,7-10H2,1-2H3,(H,22,26)(H,24,25). The van der Waals surface area contributed by atoms with E-state index in [0.717, 1.165) is 11.6 Å². The molecule has 10 heteroatoms. The highest BCUT2D eigenvalue weighted by atomic mass is 16.6. The van der Waals surface area contributed by atoms with Crippen LogP contribution in [0.3, 0.4) is 0 Å². The van der Waals surface area contributed by atoms with Gasteiger partial charge in [0.1, 0.15) is 5.69 Å². The quantitative estimate of drug-likeness (QED) is 0.374. The fraction of sp³-hybridized carbons (Fsp3) is 0.300. The van der Waals surface area contributed by atoms with Crippen LogP contribution in [0.5, 0.6) is 11.5 Å². The Hall–Kier alpha value is -3.82. The molecule has 0 heterocycles. The van der Waals surface area contributed by atoms with Crippen molar-refractivity contribution in [1.29, 1.82) is 0 Å². The Morgan fingerprint density at radius 2 is 1.80 bits per heavy atom. The second kappa shape index (κ2) is 10.6. The topological polar surface area (TPSA) is 140 Å². The van der Waals surface area contributed by atoms with Crippen molar-refractivity contribution in [1.82, 2.24) is 5.32 Å². The first-order valence-electron chi connectivity index (χ1n) is 9.09. The van der Waals surface area contributed by atoms with Crippen LogP contribution in [0.1, 0.15) is 22.3 Å². The van der Waals surface area contributed by atoms with Crippen molar-refractivity contribution in [3.05, 3.63) is 57.6 Å². The van der Waals surface area contributed by atoms with Gasteiger partial charge in [0.25, 0.3) is 11.6 Å². The monoisotopic (exact) mass is 417 g/mol. The minimum atomic E-state index is -1.05. The average Bonchev–Trinajstić information content (AvgIpc) is 2.73. The first kappa shape index (κ1) is 22.5. The highest BCUT2D eigenvalue weighted by molar-refractivity contribution is 5.95. The number of aliphatic carboxylic acids is 1.